The predicted octanol–water partition coefficient (Wildman–Crippen LogP) is 4.29. The molecule has 7 rings (SSSR count). The molecule has 1 saturated heterocycles. The van der Waals surface area contributed by atoms with Crippen LogP contribution >= 0.6 is 0 Å². The summed E-state index contributed by atoms with van der Waals surface area (Å²) in [4.78, 5) is 11.3. The van der Waals surface area contributed by atoms with Gasteiger partial charge in [-0.1, -0.05) is 30.2 Å². The second kappa shape index (κ2) is 21.8. The molecule has 1 saturated carbocycles. The summed E-state index contributed by atoms with van der Waals surface area (Å²) in [6.07, 6.45) is 3.91. The number of ether oxygens (including phenoxy) is 4. The summed E-state index contributed by atoms with van der Waals surface area (Å²) in [5.74, 6) is 1.57. The summed E-state index contributed by atoms with van der Waals surface area (Å²) < 4.78 is 26.4. The third-order valence-electron chi connectivity index (χ3n) is 13.0. The average molecular weight is 871 g/mol. The largest absolute Gasteiger partial charge is 0.478 e. The highest BCUT2D eigenvalue weighted by Crippen LogP contribution is 2.44. The standard InChI is InChI=1S/C49H62N2O12/c1-3-6-36-13-14-40(25-39(36)24-35(31-60-2)30-51-20-17-34(28-50)29-51)62-47-49(59)27-38(41(53)7-5-22-61-42(8-4-21-52)44(63-47)43(54)45(49)55)16-19-48(58)18-15-33(26-48)23-32-9-11-37(12-10-32)46(56)57/h3,9-14,17,20,25,29,33,35,38,41-45,47,52-55,58-59H,1,4,6-8,15-16,18-19,21,23-24,26-27,30-31H2,2H3,(H,56,57)/t33-,35-,38+,41+,42+,43-,44-,45+,47+,48-,49-/m1/s1. The lowest BCUT2D eigenvalue weighted by Crippen LogP contribution is -2.70. The van der Waals surface area contributed by atoms with Crippen molar-refractivity contribution in [3.05, 3.63) is 101 Å². The number of aliphatic hydroxyl groups excluding tert-OH is 4. The van der Waals surface area contributed by atoms with Gasteiger partial charge >= 0.3 is 5.97 Å². The molecule has 4 heterocycles. The number of methoxy groups -OCH3 is 1. The molecule has 3 aromatic rings. The lowest BCUT2D eigenvalue weighted by molar-refractivity contribution is -0.333. The molecule has 14 heteroatoms. The topological polar surface area (TPSA) is 224 Å². The lowest BCUT2D eigenvalue weighted by atomic mass is 9.74. The zero-order valence-corrected chi connectivity index (χ0v) is 35.9. The van der Waals surface area contributed by atoms with Crippen LogP contribution in [0.25, 0.3) is 0 Å². The van der Waals surface area contributed by atoms with E-state index in [1.54, 1.807) is 55.8 Å². The van der Waals surface area contributed by atoms with Gasteiger partial charge in [0.15, 0.2) is 5.60 Å². The van der Waals surface area contributed by atoms with Crippen molar-refractivity contribution in [2.75, 3.05) is 20.3 Å². The molecule has 0 amide bonds. The van der Waals surface area contributed by atoms with E-state index in [-0.39, 0.29) is 62.5 Å². The van der Waals surface area contributed by atoms with Crippen LogP contribution in [-0.2, 0) is 40.0 Å². The second-order valence-electron chi connectivity index (χ2n) is 17.7. The molecule has 63 heavy (non-hydrogen) atoms. The van der Waals surface area contributed by atoms with E-state index in [4.69, 9.17) is 18.9 Å². The van der Waals surface area contributed by atoms with Crippen LogP contribution in [0.5, 0.6) is 5.75 Å². The van der Waals surface area contributed by atoms with Crippen molar-refractivity contribution in [1.29, 1.82) is 5.26 Å². The molecule has 0 radical (unpaired) electrons. The third kappa shape index (κ3) is 12.1. The number of aromatic nitrogens is 1. The Bertz CT molecular complexity index is 2090. The second-order valence-corrected chi connectivity index (χ2v) is 17.7. The Balaban J connectivity index is 1.26. The maximum atomic E-state index is 12.7. The smallest absolute Gasteiger partial charge is 0.335 e. The van der Waals surface area contributed by atoms with E-state index >= 15 is 0 Å². The summed E-state index contributed by atoms with van der Waals surface area (Å²) in [6, 6.07) is 16.1. The molecule has 0 spiro atoms. The van der Waals surface area contributed by atoms with Gasteiger partial charge < -0.3 is 59.3 Å². The number of nitriles is 1. The molecule has 1 aromatic heterocycles. The number of carbonyl (C=O) groups is 1. The Hall–Kier alpha value is -4.74. The molecule has 11 atom stereocenters. The Morgan fingerprint density at radius 1 is 1.11 bits per heavy atom. The Morgan fingerprint density at radius 3 is 2.60 bits per heavy atom. The number of aliphatic hydroxyl groups is 6. The highest BCUT2D eigenvalue weighted by molar-refractivity contribution is 5.87. The molecule has 7 N–H and O–H groups in total. The van der Waals surface area contributed by atoms with Crippen LogP contribution in [0, 0.1) is 41.1 Å². The minimum Gasteiger partial charge on any atom is -0.478 e. The van der Waals surface area contributed by atoms with Gasteiger partial charge in [0, 0.05) is 45.0 Å². The van der Waals surface area contributed by atoms with Crippen molar-refractivity contribution >= 4 is 5.97 Å². The molecule has 340 valence electrons. The zero-order valence-electron chi connectivity index (χ0n) is 35.9. The van der Waals surface area contributed by atoms with Crippen LogP contribution in [0.4, 0.5) is 0 Å². The normalized spacial score (nSPS) is 29.9. The first-order valence-corrected chi connectivity index (χ1v) is 21.9. The molecule has 3 aliphatic heterocycles. The first-order valence-electron chi connectivity index (χ1n) is 21.9. The molecule has 14 nitrogen and oxygen atoms in total. The Labute approximate surface area is 369 Å². The summed E-state index contributed by atoms with van der Waals surface area (Å²) in [6.45, 7) is 4.76. The van der Waals surface area contributed by atoms with E-state index in [1.807, 2.05) is 22.9 Å². The number of fused-ring (bicyclic) bond motifs is 8. The highest BCUT2D eigenvalue weighted by Gasteiger charge is 2.59. The van der Waals surface area contributed by atoms with Gasteiger partial charge in [0.1, 0.15) is 42.3 Å². The Morgan fingerprint density at radius 2 is 1.90 bits per heavy atom. The minimum absolute atomic E-state index is 0.00868. The van der Waals surface area contributed by atoms with Crippen LogP contribution in [0.3, 0.4) is 0 Å². The maximum Gasteiger partial charge on any atom is 0.335 e. The maximum absolute atomic E-state index is 12.7. The van der Waals surface area contributed by atoms with E-state index in [1.165, 1.54) is 0 Å². The molecule has 2 fully saturated rings. The van der Waals surface area contributed by atoms with Gasteiger partial charge in [-0.15, -0.1) is 6.58 Å². The number of aromatic carboxylic acids is 1. The first kappa shape index (κ1) is 47.7. The Kier molecular flexibility index (Phi) is 16.5. The summed E-state index contributed by atoms with van der Waals surface area (Å²) in [7, 11) is 1.63. The number of hydrogen-bond donors (Lipinski definition) is 7. The number of carboxylic acid groups (broad SMARTS) is 1. The van der Waals surface area contributed by atoms with E-state index < -0.39 is 59.9 Å². The highest BCUT2D eigenvalue weighted by atomic mass is 16.7. The summed E-state index contributed by atoms with van der Waals surface area (Å²) in [5.41, 5.74) is 0.298. The van der Waals surface area contributed by atoms with Crippen LogP contribution < -0.4 is 4.74 Å². The predicted molar refractivity (Wildman–Crippen MR) is 231 cm³/mol. The quantitative estimate of drug-likeness (QED) is 0.0661. The molecule has 2 aromatic carbocycles. The van der Waals surface area contributed by atoms with Crippen molar-refractivity contribution in [3.63, 3.8) is 0 Å². The number of allylic oxidation sites excluding steroid dienone is 1. The number of benzene rings is 2. The lowest BCUT2D eigenvalue weighted by Gasteiger charge is -2.50. The van der Waals surface area contributed by atoms with Gasteiger partial charge in [0.25, 0.3) is 0 Å². The summed E-state index contributed by atoms with van der Waals surface area (Å²) >= 11 is 0. The van der Waals surface area contributed by atoms with E-state index in [2.05, 4.69) is 24.7 Å². The first-order chi connectivity index (χ1) is 30.3. The monoisotopic (exact) mass is 870 g/mol. The minimum atomic E-state index is -2.27. The number of carboxylic acids is 1. The fraction of sp³-hybridized carbons (Fsp3) is 0.551. The van der Waals surface area contributed by atoms with E-state index in [0.717, 1.165) is 23.1 Å². The third-order valence-corrected chi connectivity index (χ3v) is 13.0. The van der Waals surface area contributed by atoms with Gasteiger partial charge in [-0.25, -0.2) is 4.79 Å². The van der Waals surface area contributed by atoms with Crippen molar-refractivity contribution < 1.29 is 59.5 Å². The number of nitrogens with zero attached hydrogens (tertiary/aromatic N) is 2. The van der Waals surface area contributed by atoms with Crippen LogP contribution in [-0.4, -0.2) is 115 Å². The van der Waals surface area contributed by atoms with E-state index in [9.17, 15) is 45.8 Å². The van der Waals surface area contributed by atoms with Gasteiger partial charge in [-0.3, -0.25) is 0 Å². The van der Waals surface area contributed by atoms with Crippen molar-refractivity contribution in [2.45, 2.75) is 132 Å². The SMILES string of the molecule is C=CCc1ccc(O[C@H]2O[C@H]3[C@@H](O)[C@H](O)[C@]2(O)C[C@H](CC[C@]2(O)CC[C@H](Cc4ccc(C(=O)O)cc4)C2)[C@@H](O)CC#CO[C@H]3CCCO)cc1C[C@@H](COC)Cn1ccc(C#N)c1. The van der Waals surface area contributed by atoms with Crippen molar-refractivity contribution in [2.24, 2.45) is 17.8 Å². The van der Waals surface area contributed by atoms with Gasteiger partial charge in [0.05, 0.1) is 29.4 Å². The molecular weight excluding hydrogens is 809 g/mol. The zero-order chi connectivity index (χ0) is 45.1. The fourth-order valence-electron chi connectivity index (χ4n) is 9.65. The molecule has 0 unspecified atom stereocenters. The molecule has 1 aliphatic carbocycles. The molecule has 4 aliphatic rings. The molecular formula is C49H62N2O12. The van der Waals surface area contributed by atoms with Gasteiger partial charge in [-0.2, -0.15) is 5.26 Å². The van der Waals surface area contributed by atoms with Gasteiger partial charge in [-0.05, 0) is 129 Å². The van der Waals surface area contributed by atoms with Crippen LogP contribution in [0.15, 0.2) is 73.6 Å². The summed E-state index contributed by atoms with van der Waals surface area (Å²) in [5, 5.41) is 88.1. The number of hydrogen-bond acceptors (Lipinski definition) is 12. The van der Waals surface area contributed by atoms with Crippen molar-refractivity contribution in [3.8, 4) is 23.8 Å². The van der Waals surface area contributed by atoms with Crippen LogP contribution in [0.1, 0.15) is 90.4 Å². The average Bonchev–Trinajstić information content (AvgIpc) is 3.88. The molecule has 2 bridgehead atoms. The van der Waals surface area contributed by atoms with E-state index in [0.29, 0.717) is 56.6 Å². The van der Waals surface area contributed by atoms with Crippen molar-refractivity contribution in [1.82, 2.24) is 4.57 Å². The number of rotatable bonds is 19. The van der Waals surface area contributed by atoms with Crippen LogP contribution in [0.2, 0.25) is 0 Å². The van der Waals surface area contributed by atoms with Gasteiger partial charge in [0.2, 0.25) is 6.29 Å². The fourth-order valence-corrected chi connectivity index (χ4v) is 9.65.